The number of nitrogens with zero attached hydrogens (tertiary/aromatic N) is 4. The third-order valence-electron chi connectivity index (χ3n) is 6.60. The molecule has 6 heteroatoms. The van der Waals surface area contributed by atoms with E-state index in [0.29, 0.717) is 6.04 Å². The fourth-order valence-electron chi connectivity index (χ4n) is 5.20. The van der Waals surface area contributed by atoms with Crippen LogP contribution in [0.4, 0.5) is 0 Å². The summed E-state index contributed by atoms with van der Waals surface area (Å²) in [7, 11) is 0. The van der Waals surface area contributed by atoms with Crippen LogP contribution in [-0.4, -0.2) is 25.5 Å². The van der Waals surface area contributed by atoms with Crippen LogP contribution in [0.25, 0.3) is 10.7 Å². The van der Waals surface area contributed by atoms with Gasteiger partial charge in [-0.1, -0.05) is 24.2 Å². The second-order valence-electron chi connectivity index (χ2n) is 8.19. The maximum absolute atomic E-state index is 4.63. The van der Waals surface area contributed by atoms with Crippen molar-refractivity contribution in [3.05, 3.63) is 47.6 Å². The summed E-state index contributed by atoms with van der Waals surface area (Å²) in [5.74, 6) is 4.69. The van der Waals surface area contributed by atoms with Gasteiger partial charge in [-0.15, -0.1) is 21.5 Å². The van der Waals surface area contributed by atoms with Crippen LogP contribution in [0.1, 0.15) is 44.2 Å². The number of hydrogen-bond donors (Lipinski definition) is 0. The Hall–Kier alpha value is -1.66. The maximum atomic E-state index is 4.63. The Labute approximate surface area is 174 Å². The molecule has 146 valence electrons. The van der Waals surface area contributed by atoms with Crippen molar-refractivity contribution in [2.24, 2.45) is 17.8 Å². The molecule has 3 aromatic rings. The monoisotopic (exact) mass is 410 g/mol. The summed E-state index contributed by atoms with van der Waals surface area (Å²) in [6, 6.07) is 8.94. The first-order valence-corrected chi connectivity index (χ1v) is 12.2. The highest BCUT2D eigenvalue weighted by Crippen LogP contribution is 2.53. The summed E-state index contributed by atoms with van der Waals surface area (Å²) in [6.45, 7) is 2.40. The van der Waals surface area contributed by atoms with Gasteiger partial charge in [0.1, 0.15) is 0 Å². The summed E-state index contributed by atoms with van der Waals surface area (Å²) in [4.78, 5) is 5.34. The molecule has 4 unspecified atom stereocenters. The van der Waals surface area contributed by atoms with Crippen LogP contribution in [0.15, 0.2) is 47.2 Å². The van der Waals surface area contributed by atoms with Crippen LogP contribution in [0.3, 0.4) is 0 Å². The van der Waals surface area contributed by atoms with Gasteiger partial charge >= 0.3 is 0 Å². The Kier molecular flexibility index (Phi) is 5.24. The Morgan fingerprint density at radius 2 is 2.07 bits per heavy atom. The van der Waals surface area contributed by atoms with Crippen LogP contribution in [-0.2, 0) is 6.42 Å². The molecule has 4 nitrogen and oxygen atoms in total. The zero-order chi connectivity index (χ0) is 18.9. The van der Waals surface area contributed by atoms with E-state index in [4.69, 9.17) is 0 Å². The van der Waals surface area contributed by atoms with Gasteiger partial charge in [-0.25, -0.2) is 0 Å². The molecule has 2 aliphatic rings. The summed E-state index contributed by atoms with van der Waals surface area (Å²) in [5.41, 5.74) is 1.33. The number of aromatic nitrogens is 4. The molecule has 28 heavy (non-hydrogen) atoms. The van der Waals surface area contributed by atoms with Gasteiger partial charge in [0.25, 0.3) is 0 Å². The van der Waals surface area contributed by atoms with Crippen molar-refractivity contribution in [2.45, 2.75) is 50.2 Å². The first-order valence-electron chi connectivity index (χ1n) is 10.3. The maximum Gasteiger partial charge on any atom is 0.191 e. The van der Waals surface area contributed by atoms with Crippen molar-refractivity contribution in [3.63, 3.8) is 0 Å². The number of fused-ring (bicyclic) bond motifs is 2. The molecule has 0 aromatic carbocycles. The lowest BCUT2D eigenvalue weighted by Gasteiger charge is -2.30. The highest BCUT2D eigenvalue weighted by Gasteiger charge is 2.43. The molecule has 0 radical (unpaired) electrons. The van der Waals surface area contributed by atoms with Crippen molar-refractivity contribution < 1.29 is 0 Å². The van der Waals surface area contributed by atoms with Crippen molar-refractivity contribution in [2.75, 3.05) is 5.75 Å². The lowest BCUT2D eigenvalue weighted by Crippen LogP contribution is -2.23. The number of pyridine rings is 1. The lowest BCUT2D eigenvalue weighted by atomic mass is 9.84. The van der Waals surface area contributed by atoms with Gasteiger partial charge in [-0.3, -0.25) is 9.55 Å². The molecule has 0 saturated heterocycles. The normalized spacial score (nSPS) is 24.7. The van der Waals surface area contributed by atoms with Gasteiger partial charge in [-0.05, 0) is 79.5 Å². The van der Waals surface area contributed by atoms with E-state index in [2.05, 4.69) is 56.3 Å². The van der Waals surface area contributed by atoms with Crippen LogP contribution in [0, 0.1) is 17.8 Å². The highest BCUT2D eigenvalue weighted by molar-refractivity contribution is 7.99. The fraction of sp³-hybridized carbons (Fsp3) is 0.500. The van der Waals surface area contributed by atoms with Gasteiger partial charge in [-0.2, -0.15) is 0 Å². The predicted molar refractivity (Wildman–Crippen MR) is 116 cm³/mol. The third kappa shape index (κ3) is 3.52. The zero-order valence-corrected chi connectivity index (χ0v) is 17.8. The van der Waals surface area contributed by atoms with E-state index in [1.165, 1.54) is 36.1 Å². The number of rotatable bonds is 7. The molecule has 5 rings (SSSR count). The molecule has 0 N–H and O–H groups in total. The standard InChI is InChI=1S/C22H26N4S2/c1-15(19-14-17-4-5-18(19)13-17)26-21(20-3-2-11-27-20)24-25-22(26)28-12-8-16-6-9-23-10-7-16/h2-3,6-7,9-11,15,17-19H,4-5,8,12-14H2,1H3. The molecule has 2 fully saturated rings. The van der Waals surface area contributed by atoms with E-state index < -0.39 is 0 Å². The average Bonchev–Trinajstić information content (AvgIpc) is 3.52. The zero-order valence-electron chi connectivity index (χ0n) is 16.2. The highest BCUT2D eigenvalue weighted by atomic mass is 32.2. The molecular weight excluding hydrogens is 384 g/mol. The van der Waals surface area contributed by atoms with Crippen LogP contribution < -0.4 is 0 Å². The van der Waals surface area contributed by atoms with Crippen LogP contribution in [0.5, 0.6) is 0 Å². The minimum Gasteiger partial charge on any atom is -0.298 e. The molecule has 3 aromatic heterocycles. The van der Waals surface area contributed by atoms with E-state index in [9.17, 15) is 0 Å². The Bertz CT molecular complexity index is 906. The summed E-state index contributed by atoms with van der Waals surface area (Å²) in [5, 5.41) is 12.5. The molecule has 2 aliphatic carbocycles. The Balaban J connectivity index is 1.39. The first kappa shape index (κ1) is 18.4. The third-order valence-corrected chi connectivity index (χ3v) is 8.41. The largest absolute Gasteiger partial charge is 0.298 e. The molecular formula is C22H26N4S2. The van der Waals surface area contributed by atoms with Gasteiger partial charge < -0.3 is 0 Å². The summed E-state index contributed by atoms with van der Waals surface area (Å²) >= 11 is 3.60. The van der Waals surface area contributed by atoms with Gasteiger partial charge in [0, 0.05) is 24.2 Å². The fourth-order valence-corrected chi connectivity index (χ4v) is 6.92. The van der Waals surface area contributed by atoms with E-state index >= 15 is 0 Å². The van der Waals surface area contributed by atoms with E-state index in [0.717, 1.165) is 40.9 Å². The van der Waals surface area contributed by atoms with Gasteiger partial charge in [0.05, 0.1) is 4.88 Å². The number of thioether (sulfide) groups is 1. The van der Waals surface area contributed by atoms with Crippen molar-refractivity contribution in [3.8, 4) is 10.7 Å². The van der Waals surface area contributed by atoms with E-state index in [1.54, 1.807) is 11.3 Å². The topological polar surface area (TPSA) is 43.6 Å². The molecule has 4 atom stereocenters. The summed E-state index contributed by atoms with van der Waals surface area (Å²) in [6.07, 6.45) is 10.5. The lowest BCUT2D eigenvalue weighted by molar-refractivity contribution is 0.235. The Morgan fingerprint density at radius 1 is 1.18 bits per heavy atom. The van der Waals surface area contributed by atoms with Gasteiger partial charge in [0.15, 0.2) is 11.0 Å². The average molecular weight is 411 g/mol. The quantitative estimate of drug-likeness (QED) is 0.466. The van der Waals surface area contributed by atoms with Crippen molar-refractivity contribution in [1.29, 1.82) is 0 Å². The molecule has 0 spiro atoms. The second-order valence-corrected chi connectivity index (χ2v) is 10.2. The van der Waals surface area contributed by atoms with Crippen LogP contribution >= 0.6 is 23.1 Å². The molecule has 2 bridgehead atoms. The number of thiophene rings is 1. The van der Waals surface area contributed by atoms with Gasteiger partial charge in [0.2, 0.25) is 0 Å². The number of hydrogen-bond acceptors (Lipinski definition) is 5. The van der Waals surface area contributed by atoms with Crippen molar-refractivity contribution in [1.82, 2.24) is 19.7 Å². The Morgan fingerprint density at radius 3 is 2.79 bits per heavy atom. The summed E-state index contributed by atoms with van der Waals surface area (Å²) < 4.78 is 2.45. The van der Waals surface area contributed by atoms with E-state index in [-0.39, 0.29) is 0 Å². The minimum absolute atomic E-state index is 0.464. The van der Waals surface area contributed by atoms with E-state index in [1.807, 2.05) is 24.2 Å². The minimum atomic E-state index is 0.464. The first-order chi connectivity index (χ1) is 13.8. The second kappa shape index (κ2) is 7.99. The molecule has 2 saturated carbocycles. The molecule has 0 aliphatic heterocycles. The molecule has 0 amide bonds. The predicted octanol–water partition coefficient (Wildman–Crippen LogP) is 5.73. The SMILES string of the molecule is CC(C1CC2CCC1C2)n1c(SCCc2ccncc2)nnc1-c1cccs1. The van der Waals surface area contributed by atoms with Crippen LogP contribution in [0.2, 0.25) is 0 Å². The smallest absolute Gasteiger partial charge is 0.191 e. The van der Waals surface area contributed by atoms with Crippen molar-refractivity contribution >= 4 is 23.1 Å². The molecule has 3 heterocycles. The number of aryl methyl sites for hydroxylation is 1.